The van der Waals surface area contributed by atoms with Crippen molar-refractivity contribution in [3.05, 3.63) is 0 Å². The molecule has 4 heteroatoms. The van der Waals surface area contributed by atoms with Crippen molar-refractivity contribution >= 4 is 0 Å². The molecule has 2 aliphatic heterocycles. The summed E-state index contributed by atoms with van der Waals surface area (Å²) in [6.07, 6.45) is 39.6. The van der Waals surface area contributed by atoms with Crippen LogP contribution >= 0.6 is 0 Å². The molecule has 0 amide bonds. The van der Waals surface area contributed by atoms with Gasteiger partial charge in [0.15, 0.2) is 0 Å². The van der Waals surface area contributed by atoms with Gasteiger partial charge in [-0.2, -0.15) is 0 Å². The molecule has 0 aromatic heterocycles. The van der Waals surface area contributed by atoms with Crippen molar-refractivity contribution in [2.75, 3.05) is 0 Å². The van der Waals surface area contributed by atoms with Crippen LogP contribution in [0.5, 0.6) is 0 Å². The van der Waals surface area contributed by atoms with Crippen molar-refractivity contribution in [1.82, 2.24) is 16.0 Å². The first-order valence-electron chi connectivity index (χ1n) is 21.2. The van der Waals surface area contributed by atoms with Crippen molar-refractivity contribution in [1.29, 1.82) is 0 Å². The summed E-state index contributed by atoms with van der Waals surface area (Å²) in [5.74, 6) is 10.1. The van der Waals surface area contributed by atoms with Gasteiger partial charge in [-0.05, 0) is 136 Å². The van der Waals surface area contributed by atoms with Crippen LogP contribution in [-0.4, -0.2) is 30.7 Å². The Morgan fingerprint density at radius 2 is 0.844 bits per heavy atom. The number of ether oxygens (including phenoxy) is 1. The largest absolute Gasteiger partial charge is 0.374 e. The quantitative estimate of drug-likeness (QED) is 0.294. The number of rotatable bonds is 4. The van der Waals surface area contributed by atoms with Gasteiger partial charge < -0.3 is 4.74 Å². The van der Waals surface area contributed by atoms with Crippen molar-refractivity contribution in [3.63, 3.8) is 0 Å². The minimum absolute atomic E-state index is 0.493. The summed E-state index contributed by atoms with van der Waals surface area (Å²) in [7, 11) is 0. The van der Waals surface area contributed by atoms with Gasteiger partial charge in [-0.3, -0.25) is 16.0 Å². The van der Waals surface area contributed by atoms with Crippen LogP contribution < -0.4 is 16.0 Å². The standard InChI is InChI=1S/C41H69N3O/c1-3-12-27(13-4-1)34-25-36-35-24-31(21-22-37(35)45-38(36)33-18-10-9-17-32(33)34)41-43-39(28-14-5-2-6-15-28)42-40(44-41)30-20-19-26-11-7-8-16-29(26)23-30/h26-44H,1-25H2. The van der Waals surface area contributed by atoms with Crippen LogP contribution in [0.2, 0.25) is 0 Å². The van der Waals surface area contributed by atoms with E-state index in [9.17, 15) is 0 Å². The Bertz CT molecular complexity index is 976. The lowest BCUT2D eigenvalue weighted by Crippen LogP contribution is -2.72. The Labute approximate surface area is 276 Å². The first-order chi connectivity index (χ1) is 22.3. The zero-order valence-electron chi connectivity index (χ0n) is 28.8. The van der Waals surface area contributed by atoms with Gasteiger partial charge in [0.1, 0.15) is 0 Å². The summed E-state index contributed by atoms with van der Waals surface area (Å²) < 4.78 is 7.24. The van der Waals surface area contributed by atoms with Crippen LogP contribution in [0.3, 0.4) is 0 Å². The molecule has 0 spiro atoms. The highest BCUT2D eigenvalue weighted by atomic mass is 16.5. The van der Waals surface area contributed by atoms with E-state index < -0.39 is 0 Å². The third kappa shape index (κ3) is 6.14. The van der Waals surface area contributed by atoms with Crippen molar-refractivity contribution in [3.8, 4) is 0 Å². The minimum Gasteiger partial charge on any atom is -0.374 e. The Hall–Kier alpha value is -0.160. The van der Waals surface area contributed by atoms with Crippen LogP contribution in [0.15, 0.2) is 0 Å². The molecular weight excluding hydrogens is 550 g/mol. The third-order valence-electron chi connectivity index (χ3n) is 16.5. The van der Waals surface area contributed by atoms with Gasteiger partial charge in [0.05, 0.1) is 30.7 Å². The number of nitrogens with one attached hydrogen (secondary N) is 3. The molecule has 7 saturated carbocycles. The normalized spacial score (nSPS) is 51.5. The van der Waals surface area contributed by atoms with E-state index >= 15 is 0 Å². The average Bonchev–Trinajstić information content (AvgIpc) is 3.50. The van der Waals surface area contributed by atoms with Crippen molar-refractivity contribution in [2.24, 2.45) is 65.1 Å². The maximum absolute atomic E-state index is 7.24. The fourth-order valence-electron chi connectivity index (χ4n) is 14.3. The SMILES string of the molecule is C1CCC(C2NC(C3CCC4CCCCC4C3)NC(C3CCC4OC5C(CC(C6CCCCC6)C6CCCCC65)C4C3)N2)CC1. The minimum atomic E-state index is 0.493. The van der Waals surface area contributed by atoms with E-state index in [0.717, 1.165) is 65.1 Å². The second kappa shape index (κ2) is 13.6. The van der Waals surface area contributed by atoms with Crippen LogP contribution in [0.4, 0.5) is 0 Å². The maximum Gasteiger partial charge on any atom is 0.0641 e. The van der Waals surface area contributed by atoms with Gasteiger partial charge >= 0.3 is 0 Å². The monoisotopic (exact) mass is 620 g/mol. The van der Waals surface area contributed by atoms with E-state index in [-0.39, 0.29) is 0 Å². The summed E-state index contributed by atoms with van der Waals surface area (Å²) in [6, 6.07) is 0. The van der Waals surface area contributed by atoms with E-state index in [4.69, 9.17) is 4.74 Å². The van der Waals surface area contributed by atoms with Gasteiger partial charge in [-0.15, -0.1) is 0 Å². The molecule has 2 saturated heterocycles. The first-order valence-corrected chi connectivity index (χ1v) is 21.2. The predicted octanol–water partition coefficient (Wildman–Crippen LogP) is 9.14. The van der Waals surface area contributed by atoms with E-state index in [1.807, 2.05) is 0 Å². The molecule has 254 valence electrons. The van der Waals surface area contributed by atoms with Crippen molar-refractivity contribution < 1.29 is 4.74 Å². The Kier molecular flexibility index (Phi) is 9.35. The molecule has 0 aromatic carbocycles. The molecule has 0 aromatic rings. The lowest BCUT2D eigenvalue weighted by atomic mass is 9.54. The summed E-state index contributed by atoms with van der Waals surface area (Å²) in [5, 5.41) is 12.9. The summed E-state index contributed by atoms with van der Waals surface area (Å²) in [5.41, 5.74) is 0. The van der Waals surface area contributed by atoms with Crippen molar-refractivity contribution in [2.45, 2.75) is 191 Å². The molecule has 9 rings (SSSR count). The molecule has 45 heavy (non-hydrogen) atoms. The molecule has 2 heterocycles. The van der Waals surface area contributed by atoms with E-state index in [2.05, 4.69) is 16.0 Å². The maximum atomic E-state index is 7.24. The topological polar surface area (TPSA) is 45.3 Å². The third-order valence-corrected chi connectivity index (χ3v) is 16.5. The Morgan fingerprint density at radius 1 is 0.311 bits per heavy atom. The lowest BCUT2D eigenvalue weighted by Gasteiger charge is -2.52. The molecule has 7 aliphatic carbocycles. The van der Waals surface area contributed by atoms with Crippen LogP contribution in [0, 0.1) is 65.1 Å². The highest BCUT2D eigenvalue weighted by molar-refractivity contribution is 5.06. The molecule has 14 atom stereocenters. The second-order valence-electron chi connectivity index (χ2n) is 18.7. The molecule has 0 bridgehead atoms. The van der Waals surface area contributed by atoms with Gasteiger partial charge in [-0.1, -0.05) is 89.9 Å². The van der Waals surface area contributed by atoms with Gasteiger partial charge in [-0.25, -0.2) is 0 Å². The molecule has 9 aliphatic rings. The molecule has 0 radical (unpaired) electrons. The zero-order chi connectivity index (χ0) is 29.7. The fourth-order valence-corrected chi connectivity index (χ4v) is 14.3. The molecular formula is C41H69N3O. The first kappa shape index (κ1) is 30.9. The van der Waals surface area contributed by atoms with Crippen LogP contribution in [0.25, 0.3) is 0 Å². The van der Waals surface area contributed by atoms with Gasteiger partial charge in [0.2, 0.25) is 0 Å². The molecule has 4 nitrogen and oxygen atoms in total. The van der Waals surface area contributed by atoms with E-state index in [1.54, 1.807) is 12.8 Å². The second-order valence-corrected chi connectivity index (χ2v) is 18.7. The molecule has 9 fully saturated rings. The van der Waals surface area contributed by atoms with Crippen LogP contribution in [-0.2, 0) is 4.74 Å². The average molecular weight is 620 g/mol. The van der Waals surface area contributed by atoms with E-state index in [0.29, 0.717) is 30.7 Å². The summed E-state index contributed by atoms with van der Waals surface area (Å²) in [6.45, 7) is 0. The smallest absolute Gasteiger partial charge is 0.0641 e. The van der Waals surface area contributed by atoms with Crippen LogP contribution in [0.1, 0.15) is 161 Å². The Balaban J connectivity index is 0.924. The number of hydrogen-bond donors (Lipinski definition) is 3. The number of fused-ring (bicyclic) bond motifs is 6. The zero-order valence-corrected chi connectivity index (χ0v) is 28.8. The highest BCUT2D eigenvalue weighted by Gasteiger charge is 2.57. The highest BCUT2D eigenvalue weighted by Crippen LogP contribution is 2.59. The predicted molar refractivity (Wildman–Crippen MR) is 183 cm³/mol. The molecule has 14 unspecified atom stereocenters. The summed E-state index contributed by atoms with van der Waals surface area (Å²) in [4.78, 5) is 0. The molecule has 3 N–H and O–H groups in total. The van der Waals surface area contributed by atoms with Gasteiger partial charge in [0.25, 0.3) is 0 Å². The Morgan fingerprint density at radius 3 is 1.60 bits per heavy atom. The summed E-state index contributed by atoms with van der Waals surface area (Å²) >= 11 is 0. The number of hydrogen-bond acceptors (Lipinski definition) is 4. The fraction of sp³-hybridized carbons (Fsp3) is 1.00. The van der Waals surface area contributed by atoms with Gasteiger partial charge in [0, 0.05) is 0 Å². The van der Waals surface area contributed by atoms with E-state index in [1.165, 1.54) is 148 Å². The lowest BCUT2D eigenvalue weighted by molar-refractivity contribution is -0.0861.